The monoisotopic (exact) mass is 309 g/mol. The molecule has 0 heterocycles. The minimum absolute atomic E-state index is 0.193. The van der Waals surface area contributed by atoms with Gasteiger partial charge in [0, 0.05) is 5.02 Å². The third kappa shape index (κ3) is 3.51. The van der Waals surface area contributed by atoms with E-state index in [0.717, 1.165) is 5.56 Å². The first-order chi connectivity index (χ1) is 9.61. The molecule has 1 atom stereocenters. The SMILES string of the molecule is O=C(NC(CO)c1ccccc1)c1ccc(Cl)cc1Cl. The zero-order valence-corrected chi connectivity index (χ0v) is 12.0. The van der Waals surface area contributed by atoms with Crippen LogP contribution in [-0.2, 0) is 0 Å². The van der Waals surface area contributed by atoms with E-state index >= 15 is 0 Å². The maximum atomic E-state index is 12.2. The summed E-state index contributed by atoms with van der Waals surface area (Å²) in [6.45, 7) is -0.193. The van der Waals surface area contributed by atoms with Crippen molar-refractivity contribution in [1.82, 2.24) is 5.32 Å². The summed E-state index contributed by atoms with van der Waals surface area (Å²) in [6, 6.07) is 13.4. The predicted octanol–water partition coefficient (Wildman–Crippen LogP) is 3.46. The van der Waals surface area contributed by atoms with Crippen molar-refractivity contribution in [1.29, 1.82) is 0 Å². The Kier molecular flexibility index (Phi) is 5.01. The molecular weight excluding hydrogens is 297 g/mol. The molecule has 104 valence electrons. The number of hydrogen-bond acceptors (Lipinski definition) is 2. The quantitative estimate of drug-likeness (QED) is 0.908. The Morgan fingerprint density at radius 1 is 1.15 bits per heavy atom. The fourth-order valence-electron chi connectivity index (χ4n) is 1.83. The number of nitrogens with one attached hydrogen (secondary N) is 1. The Morgan fingerprint density at radius 2 is 1.85 bits per heavy atom. The summed E-state index contributed by atoms with van der Waals surface area (Å²) in [6.07, 6.45) is 0. The van der Waals surface area contributed by atoms with Gasteiger partial charge in [-0.3, -0.25) is 4.79 Å². The van der Waals surface area contributed by atoms with Crippen molar-refractivity contribution in [2.45, 2.75) is 6.04 Å². The largest absolute Gasteiger partial charge is 0.394 e. The number of hydrogen-bond donors (Lipinski definition) is 2. The van der Waals surface area contributed by atoms with Crippen LogP contribution in [0.25, 0.3) is 0 Å². The second-order valence-corrected chi connectivity index (χ2v) is 5.09. The second-order valence-electron chi connectivity index (χ2n) is 4.24. The third-order valence-electron chi connectivity index (χ3n) is 2.87. The Hall–Kier alpha value is -1.55. The number of rotatable bonds is 4. The molecule has 3 nitrogen and oxygen atoms in total. The first-order valence-corrected chi connectivity index (χ1v) is 6.79. The molecule has 0 saturated carbocycles. The van der Waals surface area contributed by atoms with Crippen molar-refractivity contribution in [2.24, 2.45) is 0 Å². The Morgan fingerprint density at radius 3 is 2.45 bits per heavy atom. The molecule has 0 saturated heterocycles. The number of carbonyl (C=O) groups excluding carboxylic acids is 1. The van der Waals surface area contributed by atoms with E-state index in [9.17, 15) is 9.90 Å². The number of carbonyl (C=O) groups is 1. The van der Waals surface area contributed by atoms with Crippen LogP contribution in [-0.4, -0.2) is 17.6 Å². The lowest BCUT2D eigenvalue weighted by Gasteiger charge is -2.17. The van der Waals surface area contributed by atoms with Crippen LogP contribution in [0.1, 0.15) is 22.0 Å². The normalized spacial score (nSPS) is 11.9. The summed E-state index contributed by atoms with van der Waals surface area (Å²) in [4.78, 5) is 12.2. The van der Waals surface area contributed by atoms with Gasteiger partial charge in [-0.1, -0.05) is 53.5 Å². The molecule has 2 rings (SSSR count). The minimum atomic E-state index is -0.476. The molecule has 20 heavy (non-hydrogen) atoms. The maximum Gasteiger partial charge on any atom is 0.253 e. The summed E-state index contributed by atoms with van der Waals surface area (Å²) in [5, 5.41) is 12.9. The number of amides is 1. The average Bonchev–Trinajstić information content (AvgIpc) is 2.45. The molecule has 0 spiro atoms. The highest BCUT2D eigenvalue weighted by atomic mass is 35.5. The fourth-order valence-corrected chi connectivity index (χ4v) is 2.32. The molecule has 0 radical (unpaired) electrons. The van der Waals surface area contributed by atoms with Gasteiger partial charge in [-0.15, -0.1) is 0 Å². The maximum absolute atomic E-state index is 12.2. The predicted molar refractivity (Wildman–Crippen MR) is 80.2 cm³/mol. The highest BCUT2D eigenvalue weighted by Crippen LogP contribution is 2.22. The standard InChI is InChI=1S/C15H13Cl2NO2/c16-11-6-7-12(13(17)8-11)15(20)18-14(9-19)10-4-2-1-3-5-10/h1-8,14,19H,9H2,(H,18,20). The van der Waals surface area contributed by atoms with Crippen LogP contribution in [0.5, 0.6) is 0 Å². The molecule has 2 aromatic rings. The molecule has 2 aromatic carbocycles. The van der Waals surface area contributed by atoms with Gasteiger partial charge >= 0.3 is 0 Å². The van der Waals surface area contributed by atoms with Crippen LogP contribution < -0.4 is 5.32 Å². The summed E-state index contributed by atoms with van der Waals surface area (Å²) < 4.78 is 0. The number of benzene rings is 2. The molecule has 0 aliphatic rings. The van der Waals surface area contributed by atoms with Crippen LogP contribution in [0, 0.1) is 0 Å². The number of aliphatic hydroxyl groups is 1. The van der Waals surface area contributed by atoms with Crippen molar-refractivity contribution in [3.63, 3.8) is 0 Å². The van der Waals surface area contributed by atoms with Crippen molar-refractivity contribution >= 4 is 29.1 Å². The van der Waals surface area contributed by atoms with Gasteiger partial charge in [0.25, 0.3) is 5.91 Å². The van der Waals surface area contributed by atoms with Crippen molar-refractivity contribution < 1.29 is 9.90 Å². The van der Waals surface area contributed by atoms with E-state index < -0.39 is 6.04 Å². The van der Waals surface area contributed by atoms with Crippen LogP contribution in [0.4, 0.5) is 0 Å². The van der Waals surface area contributed by atoms with E-state index in [-0.39, 0.29) is 17.5 Å². The number of halogens is 2. The zero-order chi connectivity index (χ0) is 14.5. The average molecular weight is 310 g/mol. The van der Waals surface area contributed by atoms with E-state index in [1.807, 2.05) is 30.3 Å². The highest BCUT2D eigenvalue weighted by molar-refractivity contribution is 6.36. The number of aliphatic hydroxyl groups excluding tert-OH is 1. The molecule has 1 amide bonds. The smallest absolute Gasteiger partial charge is 0.253 e. The van der Waals surface area contributed by atoms with Crippen molar-refractivity contribution in [3.8, 4) is 0 Å². The zero-order valence-electron chi connectivity index (χ0n) is 10.5. The van der Waals surface area contributed by atoms with E-state index in [1.54, 1.807) is 12.1 Å². The molecule has 1 unspecified atom stereocenters. The lowest BCUT2D eigenvalue weighted by Crippen LogP contribution is -2.30. The molecule has 0 fully saturated rings. The summed E-state index contributed by atoms with van der Waals surface area (Å²) in [5.74, 6) is -0.352. The van der Waals surface area contributed by atoms with Crippen LogP contribution in [0.15, 0.2) is 48.5 Å². The highest BCUT2D eigenvalue weighted by Gasteiger charge is 2.16. The van der Waals surface area contributed by atoms with Gasteiger partial charge in [0.1, 0.15) is 0 Å². The van der Waals surface area contributed by atoms with Crippen molar-refractivity contribution in [3.05, 3.63) is 69.7 Å². The van der Waals surface area contributed by atoms with Gasteiger partial charge in [0.05, 0.1) is 23.2 Å². The lowest BCUT2D eigenvalue weighted by atomic mass is 10.1. The Labute approximate surface area is 127 Å². The molecule has 0 aliphatic heterocycles. The lowest BCUT2D eigenvalue weighted by molar-refractivity contribution is 0.0916. The second kappa shape index (κ2) is 6.75. The van der Waals surface area contributed by atoms with Crippen molar-refractivity contribution in [2.75, 3.05) is 6.61 Å². The van der Waals surface area contributed by atoms with E-state index in [1.165, 1.54) is 6.07 Å². The van der Waals surface area contributed by atoms with E-state index in [0.29, 0.717) is 10.6 Å². The molecule has 0 aromatic heterocycles. The summed E-state index contributed by atoms with van der Waals surface area (Å²) >= 11 is 11.8. The topological polar surface area (TPSA) is 49.3 Å². The molecule has 5 heteroatoms. The van der Waals surface area contributed by atoms with Gasteiger partial charge in [0.2, 0.25) is 0 Å². The van der Waals surface area contributed by atoms with Crippen LogP contribution in [0.2, 0.25) is 10.0 Å². The third-order valence-corrected chi connectivity index (χ3v) is 3.41. The molecule has 0 aliphatic carbocycles. The molecular formula is C15H13Cl2NO2. The van der Waals surface area contributed by atoms with E-state index in [4.69, 9.17) is 23.2 Å². The Balaban J connectivity index is 2.17. The first-order valence-electron chi connectivity index (χ1n) is 6.03. The van der Waals surface area contributed by atoms with Crippen LogP contribution >= 0.6 is 23.2 Å². The van der Waals surface area contributed by atoms with Crippen LogP contribution in [0.3, 0.4) is 0 Å². The van der Waals surface area contributed by atoms with E-state index in [2.05, 4.69) is 5.32 Å². The Bertz CT molecular complexity index is 602. The van der Waals surface area contributed by atoms with Gasteiger partial charge in [0.15, 0.2) is 0 Å². The summed E-state index contributed by atoms with van der Waals surface area (Å²) in [7, 11) is 0. The van der Waals surface area contributed by atoms with Gasteiger partial charge in [-0.05, 0) is 23.8 Å². The molecule has 0 bridgehead atoms. The van der Waals surface area contributed by atoms with Gasteiger partial charge in [-0.25, -0.2) is 0 Å². The van der Waals surface area contributed by atoms with Gasteiger partial charge in [-0.2, -0.15) is 0 Å². The minimum Gasteiger partial charge on any atom is -0.394 e. The first kappa shape index (κ1) is 14.9. The molecule has 2 N–H and O–H groups in total. The summed E-state index contributed by atoms with van der Waals surface area (Å²) in [5.41, 5.74) is 1.15. The van der Waals surface area contributed by atoms with Gasteiger partial charge < -0.3 is 10.4 Å². The fraction of sp³-hybridized carbons (Fsp3) is 0.133.